The molecule has 0 aliphatic rings. The molecule has 0 heterocycles. The Hall–Kier alpha value is 0.150. The molecule has 3 nitrogen and oxygen atoms in total. The van der Waals surface area contributed by atoms with Crippen LogP contribution in [0.5, 0.6) is 0 Å². The van der Waals surface area contributed by atoms with Crippen LogP contribution in [0.3, 0.4) is 0 Å². The van der Waals surface area contributed by atoms with Gasteiger partial charge in [-0.1, -0.05) is 7.43 Å². The smallest absolute Gasteiger partial charge is 0.306 e. The zero-order valence-electron chi connectivity index (χ0n) is 7.83. The van der Waals surface area contributed by atoms with E-state index in [9.17, 15) is 4.57 Å². The highest BCUT2D eigenvalue weighted by Crippen LogP contribution is 2.46. The average Bonchev–Trinajstić information content (AvgIpc) is 1.53. The Balaban J connectivity index is 0. The summed E-state index contributed by atoms with van der Waals surface area (Å²) < 4.78 is 21.6. The van der Waals surface area contributed by atoms with E-state index in [1.807, 2.05) is 27.7 Å². The first-order valence-electron chi connectivity index (χ1n) is 3.78. The van der Waals surface area contributed by atoms with E-state index in [-0.39, 0.29) is 19.6 Å². The molecule has 0 N–H and O–H groups in total. The third-order valence-corrected chi connectivity index (χ3v) is 2.41. The lowest BCUT2D eigenvalue weighted by Crippen LogP contribution is -2.06. The summed E-state index contributed by atoms with van der Waals surface area (Å²) in [7, 11) is -2.80. The van der Waals surface area contributed by atoms with Crippen LogP contribution in [0.2, 0.25) is 0 Å². The van der Waals surface area contributed by atoms with Crippen LogP contribution in [0, 0.1) is 0 Å². The highest BCUT2D eigenvalue weighted by Gasteiger charge is 2.19. The van der Waals surface area contributed by atoms with Crippen LogP contribution in [0.15, 0.2) is 0 Å². The zero-order chi connectivity index (χ0) is 9.07. The maximum absolute atomic E-state index is 11.4. The van der Waals surface area contributed by atoms with Crippen LogP contribution in [-0.2, 0) is 13.6 Å². The van der Waals surface area contributed by atoms with Crippen LogP contribution in [0.25, 0.3) is 0 Å². The van der Waals surface area contributed by atoms with Crippen LogP contribution in [-0.4, -0.2) is 18.9 Å². The lowest BCUT2D eigenvalue weighted by atomic mass is 10.5. The van der Waals surface area contributed by atoms with Crippen LogP contribution >= 0.6 is 7.60 Å². The highest BCUT2D eigenvalue weighted by molar-refractivity contribution is 7.53. The van der Waals surface area contributed by atoms with Crippen LogP contribution < -0.4 is 0 Å². The molecule has 0 unspecified atom stereocenters. The largest absolute Gasteiger partial charge is 0.328 e. The predicted molar refractivity (Wildman–Crippen MR) is 52.7 cm³/mol. The minimum absolute atomic E-state index is 0. The second-order valence-corrected chi connectivity index (χ2v) is 5.04. The third-order valence-electron chi connectivity index (χ3n) is 0.805. The van der Waals surface area contributed by atoms with Crippen molar-refractivity contribution in [3.63, 3.8) is 0 Å². The molecule has 12 heavy (non-hydrogen) atoms. The van der Waals surface area contributed by atoms with Gasteiger partial charge in [0.2, 0.25) is 0 Å². The van der Waals surface area contributed by atoms with Gasteiger partial charge in [-0.2, -0.15) is 0 Å². The molecule has 0 rings (SSSR count). The first-order valence-corrected chi connectivity index (χ1v) is 5.77. The topological polar surface area (TPSA) is 35.5 Å². The van der Waals surface area contributed by atoms with Crippen molar-refractivity contribution >= 4 is 7.60 Å². The van der Waals surface area contributed by atoms with E-state index >= 15 is 0 Å². The SMILES string of the molecule is C.CC(C)OP(C)(=O)OC(C)C. The summed E-state index contributed by atoms with van der Waals surface area (Å²) in [6.45, 7) is 8.83. The summed E-state index contributed by atoms with van der Waals surface area (Å²) in [6, 6.07) is 0. The molecule has 0 aliphatic carbocycles. The van der Waals surface area contributed by atoms with E-state index in [1.54, 1.807) is 0 Å². The Kier molecular flexibility index (Phi) is 7.01. The second kappa shape index (κ2) is 5.74. The molecule has 0 saturated heterocycles. The van der Waals surface area contributed by atoms with Gasteiger partial charge in [-0.15, -0.1) is 0 Å². The van der Waals surface area contributed by atoms with Crippen molar-refractivity contribution in [2.24, 2.45) is 0 Å². The van der Waals surface area contributed by atoms with Gasteiger partial charge < -0.3 is 9.05 Å². The molecule has 0 fully saturated rings. The molecule has 0 aromatic rings. The fourth-order valence-corrected chi connectivity index (χ4v) is 2.37. The van der Waals surface area contributed by atoms with Gasteiger partial charge in [-0.05, 0) is 27.7 Å². The molecule has 0 amide bonds. The normalized spacial score (nSPS) is 11.9. The van der Waals surface area contributed by atoms with Crippen molar-refractivity contribution in [2.45, 2.75) is 47.3 Å². The third kappa shape index (κ3) is 8.25. The van der Waals surface area contributed by atoms with E-state index in [1.165, 1.54) is 6.66 Å². The predicted octanol–water partition coefficient (Wildman–Crippen LogP) is 3.30. The quantitative estimate of drug-likeness (QED) is 0.647. The standard InChI is InChI=1S/C7H17O3P.CH4/c1-6(2)9-11(5,8)10-7(3)4;/h6-7H,1-5H3;1H4. The molecule has 0 aromatic heterocycles. The average molecular weight is 196 g/mol. The van der Waals surface area contributed by atoms with Gasteiger partial charge in [0.15, 0.2) is 0 Å². The van der Waals surface area contributed by atoms with E-state index in [2.05, 4.69) is 0 Å². The van der Waals surface area contributed by atoms with Gasteiger partial charge in [-0.25, -0.2) is 0 Å². The molecule has 0 spiro atoms. The van der Waals surface area contributed by atoms with Crippen molar-refractivity contribution in [1.29, 1.82) is 0 Å². The molecule has 0 aromatic carbocycles. The van der Waals surface area contributed by atoms with Crippen molar-refractivity contribution in [3.8, 4) is 0 Å². The van der Waals surface area contributed by atoms with Crippen LogP contribution in [0.1, 0.15) is 35.1 Å². The van der Waals surface area contributed by atoms with Crippen LogP contribution in [0.4, 0.5) is 0 Å². The molecule has 4 heteroatoms. The molecule has 0 saturated carbocycles. The van der Waals surface area contributed by atoms with Gasteiger partial charge in [0.05, 0.1) is 12.2 Å². The molecule has 0 aliphatic heterocycles. The molecule has 0 atom stereocenters. The van der Waals surface area contributed by atoms with E-state index < -0.39 is 7.60 Å². The Labute approximate surface area is 76.0 Å². The summed E-state index contributed by atoms with van der Waals surface area (Å²) in [5, 5.41) is 0. The fraction of sp³-hybridized carbons (Fsp3) is 1.00. The van der Waals surface area contributed by atoms with Gasteiger partial charge in [0.1, 0.15) is 0 Å². The number of rotatable bonds is 4. The Morgan fingerprint density at radius 2 is 1.25 bits per heavy atom. The minimum atomic E-state index is -2.80. The summed E-state index contributed by atoms with van der Waals surface area (Å²) in [5.41, 5.74) is 0. The molecular formula is C8H21O3P. The van der Waals surface area contributed by atoms with Crippen molar-refractivity contribution in [3.05, 3.63) is 0 Å². The summed E-state index contributed by atoms with van der Waals surface area (Å²) in [5.74, 6) is 0. The first-order chi connectivity index (χ1) is 4.83. The Bertz CT molecular complexity index is 140. The van der Waals surface area contributed by atoms with Gasteiger partial charge in [-0.3, -0.25) is 4.57 Å². The second-order valence-electron chi connectivity index (χ2n) is 3.08. The van der Waals surface area contributed by atoms with Gasteiger partial charge in [0.25, 0.3) is 0 Å². The van der Waals surface area contributed by atoms with Crippen molar-refractivity contribution in [1.82, 2.24) is 0 Å². The molecular weight excluding hydrogens is 175 g/mol. The Morgan fingerprint density at radius 1 is 1.00 bits per heavy atom. The van der Waals surface area contributed by atoms with E-state index in [0.717, 1.165) is 0 Å². The number of hydrogen-bond acceptors (Lipinski definition) is 3. The summed E-state index contributed by atoms with van der Waals surface area (Å²) in [4.78, 5) is 0. The highest BCUT2D eigenvalue weighted by atomic mass is 31.2. The molecule has 0 radical (unpaired) electrons. The first kappa shape index (κ1) is 14.7. The van der Waals surface area contributed by atoms with Crippen molar-refractivity contribution < 1.29 is 13.6 Å². The summed E-state index contributed by atoms with van der Waals surface area (Å²) in [6.07, 6.45) is -0.103. The van der Waals surface area contributed by atoms with Gasteiger partial charge in [0, 0.05) is 6.66 Å². The lowest BCUT2D eigenvalue weighted by Gasteiger charge is -2.18. The van der Waals surface area contributed by atoms with Gasteiger partial charge >= 0.3 is 7.60 Å². The molecule has 0 bridgehead atoms. The van der Waals surface area contributed by atoms with E-state index in [4.69, 9.17) is 9.05 Å². The maximum Gasteiger partial charge on any atom is 0.328 e. The molecule has 76 valence electrons. The fourth-order valence-electron chi connectivity index (χ4n) is 0.791. The summed E-state index contributed by atoms with van der Waals surface area (Å²) >= 11 is 0. The maximum atomic E-state index is 11.4. The monoisotopic (exact) mass is 196 g/mol. The van der Waals surface area contributed by atoms with Crippen molar-refractivity contribution in [2.75, 3.05) is 6.66 Å². The minimum Gasteiger partial charge on any atom is -0.306 e. The lowest BCUT2D eigenvalue weighted by molar-refractivity contribution is 0.146. The Morgan fingerprint density at radius 3 is 1.42 bits per heavy atom. The zero-order valence-corrected chi connectivity index (χ0v) is 8.72. The number of hydrogen-bond donors (Lipinski definition) is 0. The van der Waals surface area contributed by atoms with E-state index in [0.29, 0.717) is 0 Å².